The van der Waals surface area contributed by atoms with Crippen molar-refractivity contribution in [2.45, 2.75) is 6.92 Å². The number of nitro groups is 1. The van der Waals surface area contributed by atoms with Crippen LogP contribution in [-0.4, -0.2) is 53.4 Å². The molecule has 1 aromatic heterocycles. The van der Waals surface area contributed by atoms with Gasteiger partial charge in [0.05, 0.1) is 16.8 Å². The molecule has 1 aliphatic heterocycles. The predicted molar refractivity (Wildman–Crippen MR) is 99.6 cm³/mol. The van der Waals surface area contributed by atoms with Crippen LogP contribution in [0.2, 0.25) is 0 Å². The van der Waals surface area contributed by atoms with Crippen LogP contribution < -0.4 is 10.2 Å². The van der Waals surface area contributed by atoms with Gasteiger partial charge in [-0.3, -0.25) is 14.9 Å². The molecular weight excluding hydrogens is 334 g/mol. The van der Waals surface area contributed by atoms with Crippen LogP contribution in [-0.2, 0) is 0 Å². The summed E-state index contributed by atoms with van der Waals surface area (Å²) in [6.07, 6.45) is 1.63. The molecule has 3 rings (SSSR count). The van der Waals surface area contributed by atoms with Crippen molar-refractivity contribution in [1.29, 1.82) is 0 Å². The lowest BCUT2D eigenvalue weighted by Crippen LogP contribution is -2.46. The minimum Gasteiger partial charge on any atom is -0.354 e. The van der Waals surface area contributed by atoms with E-state index in [0.29, 0.717) is 11.3 Å². The van der Waals surface area contributed by atoms with Gasteiger partial charge >= 0.3 is 0 Å². The van der Waals surface area contributed by atoms with Crippen molar-refractivity contribution in [1.82, 2.24) is 9.88 Å². The number of likely N-dealkylation sites (N-methyl/N-ethyl adjacent to an activating group) is 1. The number of carbonyl (C=O) groups excluding carboxylic acids is 1. The molecule has 0 saturated carbocycles. The van der Waals surface area contributed by atoms with Crippen molar-refractivity contribution in [3.63, 3.8) is 0 Å². The van der Waals surface area contributed by atoms with Crippen LogP contribution in [0.15, 0.2) is 42.6 Å². The summed E-state index contributed by atoms with van der Waals surface area (Å²) in [7, 11) is 0. The summed E-state index contributed by atoms with van der Waals surface area (Å²) in [4.78, 5) is 31.5. The number of piperazine rings is 1. The third kappa shape index (κ3) is 4.15. The molecule has 0 spiro atoms. The Morgan fingerprint density at radius 2 is 1.85 bits per heavy atom. The molecule has 0 atom stereocenters. The number of carbonyl (C=O) groups is 1. The van der Waals surface area contributed by atoms with E-state index in [2.05, 4.69) is 27.0 Å². The maximum atomic E-state index is 12.2. The zero-order valence-corrected chi connectivity index (χ0v) is 14.6. The SMILES string of the molecule is CCN1CCN(c2ccc(NC(=O)c3ccc([N+](=O)[O-])cc3)cn2)CC1. The van der Waals surface area contributed by atoms with Gasteiger partial charge in [-0.1, -0.05) is 6.92 Å². The number of nitrogens with one attached hydrogen (secondary N) is 1. The number of anilines is 2. The lowest BCUT2D eigenvalue weighted by molar-refractivity contribution is -0.384. The molecule has 1 amide bonds. The van der Waals surface area contributed by atoms with Gasteiger partial charge in [-0.05, 0) is 30.8 Å². The largest absolute Gasteiger partial charge is 0.354 e. The molecule has 1 N–H and O–H groups in total. The highest BCUT2D eigenvalue weighted by atomic mass is 16.6. The number of nitrogens with zero attached hydrogens (tertiary/aromatic N) is 4. The van der Waals surface area contributed by atoms with Crippen molar-refractivity contribution in [2.75, 3.05) is 42.9 Å². The number of rotatable bonds is 5. The Morgan fingerprint density at radius 3 is 2.38 bits per heavy atom. The first-order chi connectivity index (χ1) is 12.6. The van der Waals surface area contributed by atoms with Crippen molar-refractivity contribution >= 4 is 23.1 Å². The number of hydrogen-bond donors (Lipinski definition) is 1. The average Bonchev–Trinajstić information content (AvgIpc) is 2.68. The van der Waals surface area contributed by atoms with E-state index in [1.807, 2.05) is 12.1 Å². The third-order valence-electron chi connectivity index (χ3n) is 4.49. The van der Waals surface area contributed by atoms with Gasteiger partial charge in [0, 0.05) is 43.9 Å². The molecule has 1 aliphatic rings. The van der Waals surface area contributed by atoms with Gasteiger partial charge in [-0.25, -0.2) is 4.98 Å². The van der Waals surface area contributed by atoms with Crippen LogP contribution in [0.4, 0.5) is 17.2 Å². The molecule has 1 fully saturated rings. The van der Waals surface area contributed by atoms with E-state index in [1.54, 1.807) is 6.20 Å². The van der Waals surface area contributed by atoms with E-state index >= 15 is 0 Å². The molecule has 2 heterocycles. The first-order valence-electron chi connectivity index (χ1n) is 8.56. The highest BCUT2D eigenvalue weighted by Crippen LogP contribution is 2.17. The topological polar surface area (TPSA) is 91.6 Å². The maximum absolute atomic E-state index is 12.2. The van der Waals surface area contributed by atoms with Crippen molar-refractivity contribution in [3.8, 4) is 0 Å². The zero-order chi connectivity index (χ0) is 18.5. The quantitative estimate of drug-likeness (QED) is 0.654. The molecule has 136 valence electrons. The lowest BCUT2D eigenvalue weighted by Gasteiger charge is -2.34. The first-order valence-corrected chi connectivity index (χ1v) is 8.56. The first kappa shape index (κ1) is 17.8. The lowest BCUT2D eigenvalue weighted by atomic mass is 10.2. The number of amides is 1. The fourth-order valence-corrected chi connectivity index (χ4v) is 2.88. The third-order valence-corrected chi connectivity index (χ3v) is 4.49. The van der Waals surface area contributed by atoms with Gasteiger partial charge in [-0.15, -0.1) is 0 Å². The molecule has 0 unspecified atom stereocenters. The minimum atomic E-state index is -0.495. The van der Waals surface area contributed by atoms with Crippen LogP contribution in [0.25, 0.3) is 0 Å². The van der Waals surface area contributed by atoms with Gasteiger partial charge in [-0.2, -0.15) is 0 Å². The standard InChI is InChI=1S/C18H21N5O3/c1-2-21-9-11-22(12-10-21)17-8-5-15(13-19-17)20-18(24)14-3-6-16(7-4-14)23(25)26/h3-8,13H,2,9-12H2,1H3,(H,20,24). The fourth-order valence-electron chi connectivity index (χ4n) is 2.88. The van der Waals surface area contributed by atoms with Gasteiger partial charge < -0.3 is 15.1 Å². The Balaban J connectivity index is 1.60. The Morgan fingerprint density at radius 1 is 1.15 bits per heavy atom. The van der Waals surface area contributed by atoms with E-state index in [9.17, 15) is 14.9 Å². The van der Waals surface area contributed by atoms with Crippen LogP contribution >= 0.6 is 0 Å². The number of non-ortho nitro benzene ring substituents is 1. The summed E-state index contributed by atoms with van der Waals surface area (Å²) in [5.74, 6) is 0.570. The zero-order valence-electron chi connectivity index (χ0n) is 14.6. The molecule has 0 bridgehead atoms. The number of pyridine rings is 1. The predicted octanol–water partition coefficient (Wildman–Crippen LogP) is 2.38. The second-order valence-electron chi connectivity index (χ2n) is 6.08. The number of nitro benzene ring substituents is 1. The summed E-state index contributed by atoms with van der Waals surface area (Å²) in [5, 5.41) is 13.4. The Kier molecular flexibility index (Phi) is 5.43. The van der Waals surface area contributed by atoms with Crippen LogP contribution in [0, 0.1) is 10.1 Å². The van der Waals surface area contributed by atoms with Gasteiger partial charge in [0.15, 0.2) is 0 Å². The molecule has 0 aliphatic carbocycles. The average molecular weight is 355 g/mol. The van der Waals surface area contributed by atoms with E-state index in [-0.39, 0.29) is 11.6 Å². The van der Waals surface area contributed by atoms with Crippen molar-refractivity contribution in [2.24, 2.45) is 0 Å². The summed E-state index contributed by atoms with van der Waals surface area (Å²) in [6, 6.07) is 9.20. The number of hydrogen-bond acceptors (Lipinski definition) is 6. The Hall–Kier alpha value is -3.00. The summed E-state index contributed by atoms with van der Waals surface area (Å²) < 4.78 is 0. The van der Waals surface area contributed by atoms with E-state index in [0.717, 1.165) is 38.5 Å². The van der Waals surface area contributed by atoms with Crippen molar-refractivity contribution in [3.05, 3.63) is 58.3 Å². The minimum absolute atomic E-state index is 0.0456. The number of aromatic nitrogens is 1. The molecule has 26 heavy (non-hydrogen) atoms. The molecule has 8 heteroatoms. The van der Waals surface area contributed by atoms with Crippen molar-refractivity contribution < 1.29 is 9.72 Å². The molecule has 0 radical (unpaired) electrons. The van der Waals surface area contributed by atoms with E-state index in [4.69, 9.17) is 0 Å². The smallest absolute Gasteiger partial charge is 0.269 e. The second-order valence-corrected chi connectivity index (χ2v) is 6.08. The normalized spacial score (nSPS) is 14.9. The molecule has 1 saturated heterocycles. The fraction of sp³-hybridized carbons (Fsp3) is 0.333. The summed E-state index contributed by atoms with van der Waals surface area (Å²) in [6.45, 7) is 7.16. The molecular formula is C18H21N5O3. The van der Waals surface area contributed by atoms with Crippen LogP contribution in [0.3, 0.4) is 0 Å². The van der Waals surface area contributed by atoms with Gasteiger partial charge in [0.25, 0.3) is 11.6 Å². The van der Waals surface area contributed by atoms with E-state index in [1.165, 1.54) is 24.3 Å². The monoisotopic (exact) mass is 355 g/mol. The summed E-state index contributed by atoms with van der Waals surface area (Å²) in [5.41, 5.74) is 0.899. The van der Waals surface area contributed by atoms with Crippen LogP contribution in [0.1, 0.15) is 17.3 Å². The number of benzene rings is 1. The molecule has 8 nitrogen and oxygen atoms in total. The summed E-state index contributed by atoms with van der Waals surface area (Å²) >= 11 is 0. The van der Waals surface area contributed by atoms with E-state index < -0.39 is 4.92 Å². The highest BCUT2D eigenvalue weighted by molar-refractivity contribution is 6.04. The molecule has 1 aromatic carbocycles. The Bertz CT molecular complexity index is 768. The Labute approximate surface area is 151 Å². The maximum Gasteiger partial charge on any atom is 0.269 e. The van der Waals surface area contributed by atoms with Gasteiger partial charge in [0.1, 0.15) is 5.82 Å². The molecule has 2 aromatic rings. The second kappa shape index (κ2) is 7.92. The van der Waals surface area contributed by atoms with Crippen LogP contribution in [0.5, 0.6) is 0 Å². The highest BCUT2D eigenvalue weighted by Gasteiger charge is 2.17. The van der Waals surface area contributed by atoms with Gasteiger partial charge in [0.2, 0.25) is 0 Å².